The second kappa shape index (κ2) is 19.3. The molecule has 48 heavy (non-hydrogen) atoms. The van der Waals surface area contributed by atoms with Gasteiger partial charge >= 0.3 is 0 Å². The third kappa shape index (κ3) is 11.3. The lowest BCUT2D eigenvalue weighted by atomic mass is 9.97. The van der Waals surface area contributed by atoms with E-state index in [1.54, 1.807) is 0 Å². The van der Waals surface area contributed by atoms with E-state index in [9.17, 15) is 10.2 Å². The van der Waals surface area contributed by atoms with Crippen LogP contribution in [0.4, 0.5) is 0 Å². The second-order valence-corrected chi connectivity index (χ2v) is 11.4. The molecule has 6 nitrogen and oxygen atoms in total. The topological polar surface area (TPSA) is 77.4 Å². The van der Waals surface area contributed by atoms with E-state index < -0.39 is 30.5 Å². The minimum absolute atomic E-state index is 0.0310. The summed E-state index contributed by atoms with van der Waals surface area (Å²) in [7, 11) is 0. The van der Waals surface area contributed by atoms with E-state index in [0.717, 1.165) is 27.8 Å². The first kappa shape index (κ1) is 34.7. The lowest BCUT2D eigenvalue weighted by molar-refractivity contribution is -0.200. The number of ether oxygens (including phenoxy) is 4. The molecule has 0 bridgehead atoms. The predicted octanol–water partition coefficient (Wildman–Crippen LogP) is 6.73. The van der Waals surface area contributed by atoms with Gasteiger partial charge in [0, 0.05) is 5.56 Å². The van der Waals surface area contributed by atoms with E-state index in [0.29, 0.717) is 6.61 Å². The van der Waals surface area contributed by atoms with Crippen LogP contribution in [0.2, 0.25) is 0 Å². The Morgan fingerprint density at radius 1 is 0.438 bits per heavy atom. The van der Waals surface area contributed by atoms with Gasteiger partial charge in [-0.05, 0) is 34.4 Å². The third-order valence-corrected chi connectivity index (χ3v) is 7.73. The molecule has 0 amide bonds. The van der Waals surface area contributed by atoms with Crippen molar-refractivity contribution in [2.45, 2.75) is 56.9 Å². The number of hydrogen-bond donors (Lipinski definition) is 2. The van der Waals surface area contributed by atoms with E-state index in [1.807, 2.05) is 152 Å². The Balaban J connectivity index is 1.47. The highest BCUT2D eigenvalue weighted by Gasteiger charge is 2.40. The molecule has 0 heterocycles. The molecule has 0 aliphatic carbocycles. The van der Waals surface area contributed by atoms with Gasteiger partial charge in [0.1, 0.15) is 30.5 Å². The molecular weight excluding hydrogens is 600 g/mol. The van der Waals surface area contributed by atoms with Crippen molar-refractivity contribution in [2.24, 2.45) is 0 Å². The molecule has 246 valence electrons. The van der Waals surface area contributed by atoms with Crippen molar-refractivity contribution in [3.63, 3.8) is 0 Å². The van der Waals surface area contributed by atoms with Crippen LogP contribution in [-0.2, 0) is 45.4 Å². The fraction of sp³-hybridized carbons (Fsp3) is 0.238. The Morgan fingerprint density at radius 3 is 1.27 bits per heavy atom. The molecule has 0 saturated carbocycles. The standard InChI is InChI=1S/C42H42O6/c43-38(27-26-33-16-6-1-7-17-33)40(46-29-35-20-10-3-11-21-35)42(48-31-37-24-14-5-15-25-37)41(47-30-36-22-12-4-13-23-36)39(44)32-45-28-34-18-8-2-9-19-34/h1-25,38-44H,28-32H2/t38-,39-,40+,41-,42-/m1/s1. The average molecular weight is 643 g/mol. The Bertz CT molecular complexity index is 1640. The summed E-state index contributed by atoms with van der Waals surface area (Å²) in [4.78, 5) is 0. The monoisotopic (exact) mass is 642 g/mol. The van der Waals surface area contributed by atoms with Gasteiger partial charge in [0.25, 0.3) is 0 Å². The largest absolute Gasteiger partial charge is 0.388 e. The van der Waals surface area contributed by atoms with Crippen molar-refractivity contribution in [3.8, 4) is 11.8 Å². The molecule has 0 aliphatic rings. The summed E-state index contributed by atoms with van der Waals surface area (Å²) < 4.78 is 25.6. The third-order valence-electron chi connectivity index (χ3n) is 7.73. The molecule has 6 heteroatoms. The zero-order valence-corrected chi connectivity index (χ0v) is 26.9. The van der Waals surface area contributed by atoms with Gasteiger partial charge in [-0.25, -0.2) is 0 Å². The lowest BCUT2D eigenvalue weighted by Crippen LogP contribution is -2.53. The molecule has 5 aromatic carbocycles. The van der Waals surface area contributed by atoms with Crippen LogP contribution in [0.3, 0.4) is 0 Å². The van der Waals surface area contributed by atoms with Crippen molar-refractivity contribution in [1.82, 2.24) is 0 Å². The molecule has 5 aromatic rings. The van der Waals surface area contributed by atoms with Gasteiger partial charge in [0.2, 0.25) is 0 Å². The molecular formula is C42H42O6. The molecule has 0 saturated heterocycles. The zero-order valence-electron chi connectivity index (χ0n) is 26.9. The Kier molecular flexibility index (Phi) is 14.0. The lowest BCUT2D eigenvalue weighted by Gasteiger charge is -2.37. The summed E-state index contributed by atoms with van der Waals surface area (Å²) in [5.74, 6) is 6.04. The number of hydrogen-bond acceptors (Lipinski definition) is 6. The van der Waals surface area contributed by atoms with E-state index in [4.69, 9.17) is 18.9 Å². The van der Waals surface area contributed by atoms with Crippen LogP contribution in [-0.4, -0.2) is 47.3 Å². The molecule has 0 unspecified atom stereocenters. The molecule has 0 aliphatic heterocycles. The Hall–Kier alpha value is -4.58. The number of benzene rings is 5. The minimum Gasteiger partial charge on any atom is -0.388 e. The fourth-order valence-electron chi connectivity index (χ4n) is 5.19. The zero-order chi connectivity index (χ0) is 33.2. The highest BCUT2D eigenvalue weighted by atomic mass is 16.6. The summed E-state index contributed by atoms with van der Waals surface area (Å²) >= 11 is 0. The van der Waals surface area contributed by atoms with Crippen molar-refractivity contribution in [3.05, 3.63) is 179 Å². The molecule has 0 radical (unpaired) electrons. The SMILES string of the molecule is O[C@H](C#Cc1ccccc1)[C@H](OCc1ccccc1)[C@@H](OCc1ccccc1)[C@H](OCc1ccccc1)[C@H](O)COCc1ccccc1. The van der Waals surface area contributed by atoms with Crippen LogP contribution in [0.5, 0.6) is 0 Å². The molecule has 5 rings (SSSR count). The van der Waals surface area contributed by atoms with Crippen LogP contribution >= 0.6 is 0 Å². The number of rotatable bonds is 17. The average Bonchev–Trinajstić information content (AvgIpc) is 3.15. The first-order chi connectivity index (χ1) is 23.7. The second-order valence-electron chi connectivity index (χ2n) is 11.4. The van der Waals surface area contributed by atoms with Crippen molar-refractivity contribution < 1.29 is 29.2 Å². The van der Waals surface area contributed by atoms with Gasteiger partial charge in [-0.2, -0.15) is 0 Å². The van der Waals surface area contributed by atoms with Crippen molar-refractivity contribution >= 4 is 0 Å². The molecule has 0 fully saturated rings. The van der Waals surface area contributed by atoms with Crippen LogP contribution in [0.1, 0.15) is 27.8 Å². The Labute approximate surface area is 283 Å². The Morgan fingerprint density at radius 2 is 0.812 bits per heavy atom. The maximum Gasteiger partial charge on any atom is 0.143 e. The van der Waals surface area contributed by atoms with Crippen molar-refractivity contribution in [1.29, 1.82) is 0 Å². The highest BCUT2D eigenvalue weighted by molar-refractivity contribution is 5.35. The van der Waals surface area contributed by atoms with E-state index in [2.05, 4.69) is 11.8 Å². The van der Waals surface area contributed by atoms with Crippen LogP contribution in [0.25, 0.3) is 0 Å². The van der Waals surface area contributed by atoms with Crippen molar-refractivity contribution in [2.75, 3.05) is 6.61 Å². The van der Waals surface area contributed by atoms with Gasteiger partial charge in [-0.3, -0.25) is 0 Å². The van der Waals surface area contributed by atoms with Gasteiger partial charge < -0.3 is 29.2 Å². The van der Waals surface area contributed by atoms with Crippen LogP contribution in [0, 0.1) is 11.8 Å². The summed E-state index contributed by atoms with van der Waals surface area (Å²) in [6, 6.07) is 48.4. The smallest absolute Gasteiger partial charge is 0.143 e. The van der Waals surface area contributed by atoms with Gasteiger partial charge in [-0.1, -0.05) is 151 Å². The first-order valence-electron chi connectivity index (χ1n) is 16.2. The first-order valence-corrected chi connectivity index (χ1v) is 16.2. The molecule has 0 spiro atoms. The van der Waals surface area contributed by atoms with E-state index in [1.165, 1.54) is 0 Å². The summed E-state index contributed by atoms with van der Waals surface area (Å²) in [6.07, 6.45) is -5.33. The predicted molar refractivity (Wildman–Crippen MR) is 186 cm³/mol. The number of aliphatic hydroxyl groups is 2. The fourth-order valence-corrected chi connectivity index (χ4v) is 5.19. The van der Waals surface area contributed by atoms with Gasteiger partial charge in [-0.15, -0.1) is 0 Å². The normalized spacial score (nSPS) is 14.2. The quantitative estimate of drug-likeness (QED) is 0.110. The summed E-state index contributed by atoms with van der Waals surface area (Å²) in [5, 5.41) is 23.5. The van der Waals surface area contributed by atoms with E-state index >= 15 is 0 Å². The summed E-state index contributed by atoms with van der Waals surface area (Å²) in [5.41, 5.74) is 4.50. The maximum atomic E-state index is 11.8. The summed E-state index contributed by atoms with van der Waals surface area (Å²) in [6.45, 7) is 0.865. The van der Waals surface area contributed by atoms with Crippen LogP contribution < -0.4 is 0 Å². The molecule has 0 aromatic heterocycles. The van der Waals surface area contributed by atoms with E-state index in [-0.39, 0.29) is 26.4 Å². The minimum atomic E-state index is -1.28. The molecule has 5 atom stereocenters. The van der Waals surface area contributed by atoms with Crippen LogP contribution in [0.15, 0.2) is 152 Å². The molecule has 2 N–H and O–H groups in total. The van der Waals surface area contributed by atoms with Gasteiger partial charge in [0.15, 0.2) is 0 Å². The maximum absolute atomic E-state index is 11.8. The number of aliphatic hydroxyl groups excluding tert-OH is 2. The highest BCUT2D eigenvalue weighted by Crippen LogP contribution is 2.24. The van der Waals surface area contributed by atoms with Gasteiger partial charge in [0.05, 0.1) is 33.0 Å².